The van der Waals surface area contributed by atoms with Crippen molar-refractivity contribution >= 4 is 23.2 Å². The fourth-order valence-corrected chi connectivity index (χ4v) is 4.49. The Balaban J connectivity index is 1.60. The molecule has 1 aliphatic carbocycles. The Hall–Kier alpha value is -1.40. The van der Waals surface area contributed by atoms with Crippen molar-refractivity contribution in [1.82, 2.24) is 10.2 Å². The average Bonchev–Trinajstić information content (AvgIpc) is 3.13. The summed E-state index contributed by atoms with van der Waals surface area (Å²) in [5.74, 6) is -0.425. The number of aliphatic carboxylic acids is 1. The smallest absolute Gasteiger partial charge is 0.320 e. The molecule has 1 aromatic heterocycles. The highest BCUT2D eigenvalue weighted by atomic mass is 32.1. The molecule has 0 bridgehead atoms. The molecule has 2 fully saturated rings. The Labute approximate surface area is 134 Å². The molecular weight excluding hydrogens is 300 g/mol. The summed E-state index contributed by atoms with van der Waals surface area (Å²) < 4.78 is 0. The molecule has 1 aromatic rings. The Morgan fingerprint density at radius 3 is 2.91 bits per heavy atom. The molecule has 1 aliphatic heterocycles. The predicted molar refractivity (Wildman–Crippen MR) is 84.7 cm³/mol. The van der Waals surface area contributed by atoms with Gasteiger partial charge in [-0.05, 0) is 36.6 Å². The number of likely N-dealkylation sites (tertiary alicyclic amines) is 1. The zero-order valence-corrected chi connectivity index (χ0v) is 13.3. The summed E-state index contributed by atoms with van der Waals surface area (Å²) in [5.41, 5.74) is 0. The SMILES string of the molecule is O=C(CN1C(C(=O)O)CC2CCCCC21)NCc1cccs1. The standard InChI is InChI=1S/C16H22N2O3S/c19-15(17-9-12-5-3-7-22-12)10-18-13-6-2-1-4-11(13)8-14(18)16(20)21/h3,5,7,11,13-14H,1-2,4,6,8-10H2,(H,17,19)(H,20,21). The van der Waals surface area contributed by atoms with Crippen molar-refractivity contribution in [2.24, 2.45) is 5.92 Å². The van der Waals surface area contributed by atoms with Gasteiger partial charge in [0.15, 0.2) is 0 Å². The first-order chi connectivity index (χ1) is 10.6. The zero-order valence-electron chi connectivity index (χ0n) is 12.5. The number of carboxylic acid groups (broad SMARTS) is 1. The first kappa shape index (κ1) is 15.5. The van der Waals surface area contributed by atoms with E-state index in [4.69, 9.17) is 0 Å². The number of carboxylic acids is 1. The van der Waals surface area contributed by atoms with Crippen LogP contribution in [0.25, 0.3) is 0 Å². The van der Waals surface area contributed by atoms with Crippen LogP contribution in [0.2, 0.25) is 0 Å². The molecule has 3 atom stereocenters. The minimum Gasteiger partial charge on any atom is -0.480 e. The first-order valence-electron chi connectivity index (χ1n) is 7.93. The molecule has 5 nitrogen and oxygen atoms in total. The number of carbonyl (C=O) groups excluding carboxylic acids is 1. The summed E-state index contributed by atoms with van der Waals surface area (Å²) in [5, 5.41) is 14.3. The molecule has 22 heavy (non-hydrogen) atoms. The molecular formula is C16H22N2O3S. The molecule has 2 aliphatic rings. The predicted octanol–water partition coefficient (Wildman–Crippen LogP) is 2.08. The van der Waals surface area contributed by atoms with Crippen molar-refractivity contribution in [3.63, 3.8) is 0 Å². The van der Waals surface area contributed by atoms with Gasteiger partial charge in [0.1, 0.15) is 6.04 Å². The van der Waals surface area contributed by atoms with Crippen molar-refractivity contribution in [2.75, 3.05) is 6.54 Å². The van der Waals surface area contributed by atoms with E-state index in [1.165, 1.54) is 6.42 Å². The molecule has 0 aromatic carbocycles. The van der Waals surface area contributed by atoms with Crippen LogP contribution in [0, 0.1) is 5.92 Å². The van der Waals surface area contributed by atoms with Crippen molar-refractivity contribution < 1.29 is 14.7 Å². The summed E-state index contributed by atoms with van der Waals surface area (Å²) in [4.78, 5) is 26.7. The van der Waals surface area contributed by atoms with E-state index >= 15 is 0 Å². The van der Waals surface area contributed by atoms with Crippen LogP contribution in [-0.4, -0.2) is 40.5 Å². The highest BCUT2D eigenvalue weighted by Gasteiger charge is 2.45. The molecule has 3 rings (SSSR count). The lowest BCUT2D eigenvalue weighted by molar-refractivity contribution is -0.143. The minimum absolute atomic E-state index is 0.0779. The summed E-state index contributed by atoms with van der Waals surface area (Å²) in [6.45, 7) is 0.722. The van der Waals surface area contributed by atoms with Gasteiger partial charge >= 0.3 is 5.97 Å². The van der Waals surface area contributed by atoms with Crippen LogP contribution in [0.3, 0.4) is 0 Å². The van der Waals surface area contributed by atoms with Crippen molar-refractivity contribution in [3.05, 3.63) is 22.4 Å². The molecule has 3 unspecified atom stereocenters. The van der Waals surface area contributed by atoms with Crippen LogP contribution >= 0.6 is 11.3 Å². The topological polar surface area (TPSA) is 69.6 Å². The van der Waals surface area contributed by atoms with E-state index in [0.717, 1.165) is 24.1 Å². The molecule has 2 N–H and O–H groups in total. The number of hydrogen-bond donors (Lipinski definition) is 2. The van der Waals surface area contributed by atoms with Crippen LogP contribution < -0.4 is 5.32 Å². The van der Waals surface area contributed by atoms with E-state index in [0.29, 0.717) is 18.9 Å². The summed E-state index contributed by atoms with van der Waals surface area (Å²) in [6.07, 6.45) is 5.14. The lowest BCUT2D eigenvalue weighted by Gasteiger charge is -2.32. The molecule has 1 saturated carbocycles. The van der Waals surface area contributed by atoms with Crippen LogP contribution in [-0.2, 0) is 16.1 Å². The lowest BCUT2D eigenvalue weighted by atomic mass is 9.85. The van der Waals surface area contributed by atoms with Gasteiger partial charge in [0.25, 0.3) is 0 Å². The molecule has 6 heteroatoms. The van der Waals surface area contributed by atoms with Crippen LogP contribution in [0.15, 0.2) is 17.5 Å². The molecule has 0 radical (unpaired) electrons. The van der Waals surface area contributed by atoms with E-state index in [1.54, 1.807) is 11.3 Å². The monoisotopic (exact) mass is 322 g/mol. The van der Waals surface area contributed by atoms with E-state index in [-0.39, 0.29) is 18.5 Å². The highest BCUT2D eigenvalue weighted by Crippen LogP contribution is 2.39. The van der Waals surface area contributed by atoms with Gasteiger partial charge in [-0.25, -0.2) is 0 Å². The maximum Gasteiger partial charge on any atom is 0.320 e. The van der Waals surface area contributed by atoms with E-state index in [1.807, 2.05) is 22.4 Å². The number of amides is 1. The number of hydrogen-bond acceptors (Lipinski definition) is 4. The third-order valence-corrected chi connectivity index (χ3v) is 5.75. The highest BCUT2D eigenvalue weighted by molar-refractivity contribution is 7.09. The van der Waals surface area contributed by atoms with Crippen molar-refractivity contribution in [3.8, 4) is 0 Å². The number of rotatable bonds is 5. The van der Waals surface area contributed by atoms with Gasteiger partial charge in [-0.1, -0.05) is 18.9 Å². The maximum atomic E-state index is 12.2. The van der Waals surface area contributed by atoms with Crippen molar-refractivity contribution in [2.45, 2.75) is 50.7 Å². The summed E-state index contributed by atoms with van der Waals surface area (Å²) >= 11 is 1.61. The average molecular weight is 322 g/mol. The van der Waals surface area contributed by atoms with Gasteiger partial charge < -0.3 is 10.4 Å². The Bertz CT molecular complexity index is 532. The molecule has 120 valence electrons. The Kier molecular flexibility index (Phi) is 4.78. The van der Waals surface area contributed by atoms with E-state index in [2.05, 4.69) is 5.32 Å². The molecule has 1 amide bonds. The number of nitrogens with one attached hydrogen (secondary N) is 1. The second-order valence-electron chi connectivity index (χ2n) is 6.23. The third kappa shape index (κ3) is 3.33. The second-order valence-corrected chi connectivity index (χ2v) is 7.26. The molecule has 1 saturated heterocycles. The zero-order chi connectivity index (χ0) is 15.5. The first-order valence-corrected chi connectivity index (χ1v) is 8.80. The Morgan fingerprint density at radius 1 is 1.36 bits per heavy atom. The van der Waals surface area contributed by atoms with Crippen LogP contribution in [0.1, 0.15) is 37.0 Å². The summed E-state index contributed by atoms with van der Waals surface area (Å²) in [7, 11) is 0. The van der Waals surface area contributed by atoms with Crippen molar-refractivity contribution in [1.29, 1.82) is 0 Å². The second kappa shape index (κ2) is 6.79. The third-order valence-electron chi connectivity index (χ3n) is 4.87. The van der Waals surface area contributed by atoms with Gasteiger partial charge in [-0.3, -0.25) is 14.5 Å². The van der Waals surface area contributed by atoms with Crippen LogP contribution in [0.5, 0.6) is 0 Å². The summed E-state index contributed by atoms with van der Waals surface area (Å²) in [6, 6.07) is 3.71. The van der Waals surface area contributed by atoms with E-state index in [9.17, 15) is 14.7 Å². The normalized spacial score (nSPS) is 28.3. The van der Waals surface area contributed by atoms with E-state index < -0.39 is 12.0 Å². The van der Waals surface area contributed by atoms with Gasteiger partial charge in [-0.15, -0.1) is 11.3 Å². The van der Waals surface area contributed by atoms with Gasteiger partial charge in [0.2, 0.25) is 5.91 Å². The maximum absolute atomic E-state index is 12.2. The minimum atomic E-state index is -0.791. The van der Waals surface area contributed by atoms with Gasteiger partial charge in [0, 0.05) is 10.9 Å². The quantitative estimate of drug-likeness (QED) is 0.871. The van der Waals surface area contributed by atoms with Gasteiger partial charge in [0.05, 0.1) is 13.1 Å². The number of carbonyl (C=O) groups is 2. The number of fused-ring (bicyclic) bond motifs is 1. The Morgan fingerprint density at radius 2 is 2.18 bits per heavy atom. The van der Waals surface area contributed by atoms with Gasteiger partial charge in [-0.2, -0.15) is 0 Å². The fraction of sp³-hybridized carbons (Fsp3) is 0.625. The largest absolute Gasteiger partial charge is 0.480 e. The lowest BCUT2D eigenvalue weighted by Crippen LogP contribution is -2.47. The fourth-order valence-electron chi connectivity index (χ4n) is 3.84. The number of thiophene rings is 1. The molecule has 2 heterocycles. The van der Waals surface area contributed by atoms with Crippen LogP contribution in [0.4, 0.5) is 0 Å². The number of nitrogens with zero attached hydrogens (tertiary/aromatic N) is 1. The molecule has 0 spiro atoms.